The summed E-state index contributed by atoms with van der Waals surface area (Å²) in [5.74, 6) is -0.847. The Kier molecular flexibility index (Phi) is 4.24. The predicted octanol–water partition coefficient (Wildman–Crippen LogP) is 2.46. The van der Waals surface area contributed by atoms with E-state index in [4.69, 9.17) is 0 Å². The van der Waals surface area contributed by atoms with Crippen LogP contribution in [0.5, 0.6) is 0 Å². The van der Waals surface area contributed by atoms with Crippen LogP contribution in [-0.2, 0) is 11.8 Å². The lowest BCUT2D eigenvalue weighted by Crippen LogP contribution is -2.48. The fourth-order valence-corrected chi connectivity index (χ4v) is 2.87. The largest absolute Gasteiger partial charge is 0.481 e. The molecule has 2 amide bonds. The van der Waals surface area contributed by atoms with Crippen LogP contribution in [0.2, 0.25) is 0 Å². The molecule has 0 aliphatic heterocycles. The fourth-order valence-electron chi connectivity index (χ4n) is 2.87. The zero-order valence-corrected chi connectivity index (χ0v) is 13.5. The minimum absolute atomic E-state index is 0.134. The molecule has 1 aliphatic rings. The second-order valence-electron chi connectivity index (χ2n) is 6.18. The van der Waals surface area contributed by atoms with Crippen molar-refractivity contribution >= 4 is 17.7 Å². The van der Waals surface area contributed by atoms with Crippen molar-refractivity contribution in [3.8, 4) is 11.3 Å². The van der Waals surface area contributed by atoms with E-state index in [9.17, 15) is 14.7 Å². The summed E-state index contributed by atoms with van der Waals surface area (Å²) in [4.78, 5) is 23.5. The summed E-state index contributed by atoms with van der Waals surface area (Å²) in [6.45, 7) is 0.134. The van der Waals surface area contributed by atoms with Crippen LogP contribution in [0.25, 0.3) is 11.3 Å². The molecule has 1 heterocycles. The van der Waals surface area contributed by atoms with Crippen molar-refractivity contribution in [2.24, 2.45) is 12.5 Å². The number of hydrogen-bond acceptors (Lipinski definition) is 3. The lowest BCUT2D eigenvalue weighted by Gasteiger charge is -2.37. The summed E-state index contributed by atoms with van der Waals surface area (Å²) in [6, 6.07) is 9.13. The average Bonchev–Trinajstić information content (AvgIpc) is 2.87. The van der Waals surface area contributed by atoms with Gasteiger partial charge in [-0.05, 0) is 12.8 Å². The van der Waals surface area contributed by atoms with Gasteiger partial charge in [0.1, 0.15) is 5.69 Å². The first-order chi connectivity index (χ1) is 11.5. The molecule has 0 bridgehead atoms. The van der Waals surface area contributed by atoms with Gasteiger partial charge in [0.2, 0.25) is 0 Å². The van der Waals surface area contributed by atoms with Crippen LogP contribution >= 0.6 is 0 Å². The number of nitrogens with zero attached hydrogens (tertiary/aromatic N) is 2. The maximum absolute atomic E-state index is 12.2. The molecule has 0 spiro atoms. The molecule has 3 N–H and O–H groups in total. The van der Waals surface area contributed by atoms with Crippen molar-refractivity contribution in [2.75, 3.05) is 11.9 Å². The number of carboxylic acid groups (broad SMARTS) is 1. The Morgan fingerprint density at radius 2 is 2.00 bits per heavy atom. The summed E-state index contributed by atoms with van der Waals surface area (Å²) >= 11 is 0. The van der Waals surface area contributed by atoms with E-state index in [1.807, 2.05) is 30.3 Å². The molecule has 3 rings (SSSR count). The first kappa shape index (κ1) is 16.0. The molecular weight excluding hydrogens is 308 g/mol. The number of hydrogen-bond donors (Lipinski definition) is 3. The van der Waals surface area contributed by atoms with Gasteiger partial charge in [-0.15, -0.1) is 0 Å². The van der Waals surface area contributed by atoms with E-state index < -0.39 is 17.4 Å². The zero-order chi connectivity index (χ0) is 17.2. The van der Waals surface area contributed by atoms with Crippen LogP contribution in [0.4, 0.5) is 10.5 Å². The van der Waals surface area contributed by atoms with Gasteiger partial charge in [-0.3, -0.25) is 9.48 Å². The minimum atomic E-state index is -0.847. The fraction of sp³-hybridized carbons (Fsp3) is 0.353. The molecule has 0 saturated heterocycles. The second-order valence-corrected chi connectivity index (χ2v) is 6.18. The van der Waals surface area contributed by atoms with Crippen molar-refractivity contribution in [1.82, 2.24) is 15.1 Å². The van der Waals surface area contributed by atoms with Crippen LogP contribution in [0.15, 0.2) is 36.5 Å². The Morgan fingerprint density at radius 3 is 2.58 bits per heavy atom. The topological polar surface area (TPSA) is 96.2 Å². The minimum Gasteiger partial charge on any atom is -0.481 e. The van der Waals surface area contributed by atoms with Crippen molar-refractivity contribution in [1.29, 1.82) is 0 Å². The molecule has 24 heavy (non-hydrogen) atoms. The summed E-state index contributed by atoms with van der Waals surface area (Å²) in [7, 11) is 1.78. The summed E-state index contributed by atoms with van der Waals surface area (Å²) in [6.07, 6.45) is 3.81. The van der Waals surface area contributed by atoms with Gasteiger partial charge in [-0.2, -0.15) is 5.10 Å². The number of benzene rings is 1. The highest BCUT2D eigenvalue weighted by Gasteiger charge is 2.44. The maximum atomic E-state index is 12.2. The highest BCUT2D eigenvalue weighted by molar-refractivity contribution is 5.93. The van der Waals surface area contributed by atoms with E-state index in [1.54, 1.807) is 17.9 Å². The highest BCUT2D eigenvalue weighted by atomic mass is 16.4. The Morgan fingerprint density at radius 1 is 1.29 bits per heavy atom. The Hall–Kier alpha value is -2.83. The molecular formula is C17H20N4O3. The number of carbonyl (C=O) groups is 2. The van der Waals surface area contributed by atoms with Gasteiger partial charge < -0.3 is 15.7 Å². The van der Waals surface area contributed by atoms with Crippen LogP contribution in [-0.4, -0.2) is 33.4 Å². The van der Waals surface area contributed by atoms with Gasteiger partial charge >= 0.3 is 12.0 Å². The highest BCUT2D eigenvalue weighted by Crippen LogP contribution is 2.40. The molecule has 7 heteroatoms. The van der Waals surface area contributed by atoms with Gasteiger partial charge in [0.05, 0.1) is 11.1 Å². The van der Waals surface area contributed by atoms with E-state index >= 15 is 0 Å². The van der Waals surface area contributed by atoms with Crippen molar-refractivity contribution < 1.29 is 14.7 Å². The van der Waals surface area contributed by atoms with E-state index in [1.165, 1.54) is 0 Å². The molecule has 2 aromatic rings. The average molecular weight is 328 g/mol. The molecule has 126 valence electrons. The zero-order valence-electron chi connectivity index (χ0n) is 13.5. The van der Waals surface area contributed by atoms with Gasteiger partial charge in [0.25, 0.3) is 0 Å². The van der Waals surface area contributed by atoms with Crippen LogP contribution < -0.4 is 10.6 Å². The van der Waals surface area contributed by atoms with Crippen molar-refractivity contribution in [2.45, 2.75) is 19.3 Å². The third-order valence-corrected chi connectivity index (χ3v) is 4.48. The first-order valence-corrected chi connectivity index (χ1v) is 7.87. The second kappa shape index (κ2) is 6.35. The standard InChI is InChI=1S/C17H20N4O3/c1-21-10-13(14(20-21)12-6-3-2-4-7-12)19-16(24)18-11-17(15(22)23)8-5-9-17/h2-4,6-7,10H,5,8-9,11H2,1H3,(H,22,23)(H2,18,19,24). The van der Waals surface area contributed by atoms with Crippen LogP contribution in [0, 0.1) is 5.41 Å². The number of carboxylic acids is 1. The van der Waals surface area contributed by atoms with Gasteiger partial charge in [-0.1, -0.05) is 36.8 Å². The Labute approximate surface area is 139 Å². The molecule has 1 aromatic carbocycles. The number of aromatic nitrogens is 2. The molecule has 0 unspecified atom stereocenters. The van der Waals surface area contributed by atoms with E-state index in [-0.39, 0.29) is 6.54 Å². The predicted molar refractivity (Wildman–Crippen MR) is 89.6 cm³/mol. The van der Waals surface area contributed by atoms with Crippen LogP contribution in [0.3, 0.4) is 0 Å². The van der Waals surface area contributed by atoms with Gasteiger partial charge in [0.15, 0.2) is 0 Å². The van der Waals surface area contributed by atoms with E-state index in [0.29, 0.717) is 24.2 Å². The smallest absolute Gasteiger partial charge is 0.319 e. The lowest BCUT2D eigenvalue weighted by molar-refractivity contribution is -0.153. The summed E-state index contributed by atoms with van der Waals surface area (Å²) < 4.78 is 1.63. The number of anilines is 1. The first-order valence-electron chi connectivity index (χ1n) is 7.87. The molecule has 7 nitrogen and oxygen atoms in total. The molecule has 0 atom stereocenters. The lowest BCUT2D eigenvalue weighted by atomic mass is 9.69. The molecule has 1 aliphatic carbocycles. The monoisotopic (exact) mass is 328 g/mol. The van der Waals surface area contributed by atoms with Crippen molar-refractivity contribution in [3.63, 3.8) is 0 Å². The number of rotatable bonds is 5. The number of nitrogens with one attached hydrogen (secondary N) is 2. The van der Waals surface area contributed by atoms with Gasteiger partial charge in [-0.25, -0.2) is 4.79 Å². The number of urea groups is 1. The maximum Gasteiger partial charge on any atom is 0.319 e. The Bertz CT molecular complexity index is 750. The van der Waals surface area contributed by atoms with E-state index in [2.05, 4.69) is 15.7 Å². The summed E-state index contributed by atoms with van der Waals surface area (Å²) in [5, 5.41) is 19.1. The number of amides is 2. The number of aryl methyl sites for hydroxylation is 1. The molecule has 1 saturated carbocycles. The normalized spacial score (nSPS) is 15.4. The van der Waals surface area contributed by atoms with Crippen LogP contribution in [0.1, 0.15) is 19.3 Å². The number of carbonyl (C=O) groups excluding carboxylic acids is 1. The molecule has 1 fully saturated rings. The Balaban J connectivity index is 1.68. The van der Waals surface area contributed by atoms with Gasteiger partial charge in [0, 0.05) is 25.4 Å². The number of aliphatic carboxylic acids is 1. The van der Waals surface area contributed by atoms with E-state index in [0.717, 1.165) is 12.0 Å². The molecule has 0 radical (unpaired) electrons. The third kappa shape index (κ3) is 3.10. The summed E-state index contributed by atoms with van der Waals surface area (Å²) in [5.41, 5.74) is 1.34. The van der Waals surface area contributed by atoms with Crippen molar-refractivity contribution in [3.05, 3.63) is 36.5 Å². The SMILES string of the molecule is Cn1cc(NC(=O)NCC2(C(=O)O)CCC2)c(-c2ccccc2)n1. The third-order valence-electron chi connectivity index (χ3n) is 4.48. The quantitative estimate of drug-likeness (QED) is 0.785. The molecule has 1 aromatic heterocycles.